The molecule has 1 aromatic rings. The fourth-order valence-corrected chi connectivity index (χ4v) is 1.97. The summed E-state index contributed by atoms with van der Waals surface area (Å²) in [6.45, 7) is 2.83. The van der Waals surface area contributed by atoms with Gasteiger partial charge in [0.15, 0.2) is 5.79 Å². The third-order valence-electron chi connectivity index (χ3n) is 2.92. The smallest absolute Gasteiger partial charge is 0.308 e. The number of alkyl halides is 2. The first-order valence-corrected chi connectivity index (χ1v) is 7.69. The van der Waals surface area contributed by atoms with E-state index >= 15 is 0 Å². The molecule has 6 heteroatoms. The molecule has 0 aromatic heterocycles. The van der Waals surface area contributed by atoms with Gasteiger partial charge in [0.1, 0.15) is 6.67 Å². The first-order chi connectivity index (χ1) is 10.5. The van der Waals surface area contributed by atoms with E-state index in [0.717, 1.165) is 5.56 Å². The lowest BCUT2D eigenvalue weighted by molar-refractivity contribution is -0.258. The van der Waals surface area contributed by atoms with Crippen molar-refractivity contribution in [3.05, 3.63) is 35.9 Å². The van der Waals surface area contributed by atoms with Crippen LogP contribution in [-0.2, 0) is 25.6 Å². The molecule has 1 aromatic carbocycles. The number of halogens is 2. The number of ether oxygens (including phenoxy) is 3. The molecule has 4 nitrogen and oxygen atoms in total. The molecule has 0 radical (unpaired) electrons. The quantitative estimate of drug-likeness (QED) is 0.374. The molecule has 0 amide bonds. The molecule has 1 rings (SSSR count). The first-order valence-electron chi connectivity index (χ1n) is 7.16. The van der Waals surface area contributed by atoms with Crippen LogP contribution >= 0.6 is 11.6 Å². The van der Waals surface area contributed by atoms with Gasteiger partial charge in [-0.25, -0.2) is 4.39 Å². The number of esters is 1. The summed E-state index contributed by atoms with van der Waals surface area (Å²) in [4.78, 5) is 11.5. The van der Waals surface area contributed by atoms with Crippen LogP contribution in [0.1, 0.15) is 25.8 Å². The zero-order valence-corrected chi connectivity index (χ0v) is 13.6. The highest BCUT2D eigenvalue weighted by Crippen LogP contribution is 2.21. The van der Waals surface area contributed by atoms with Gasteiger partial charge in [-0.1, -0.05) is 30.3 Å². The molecule has 22 heavy (non-hydrogen) atoms. The molecule has 0 saturated carbocycles. The predicted molar refractivity (Wildman–Crippen MR) is 82.5 cm³/mol. The van der Waals surface area contributed by atoms with Gasteiger partial charge in [0.25, 0.3) is 0 Å². The van der Waals surface area contributed by atoms with Gasteiger partial charge < -0.3 is 14.2 Å². The lowest BCUT2D eigenvalue weighted by atomic mass is 10.2. The Hall–Kier alpha value is -1.17. The highest BCUT2D eigenvalue weighted by Gasteiger charge is 2.31. The number of hydrogen-bond donors (Lipinski definition) is 0. The standard InChI is InChI=1S/C16H22ClFO4/c1-3-20-15(19)9-14(10-17)22-16(2,12-18)21-11-13-7-5-4-6-8-13/h4-8,14H,3,9-12H2,1-2H3/t14-,16?/m0/s1. The van der Waals surface area contributed by atoms with Crippen LogP contribution in [-0.4, -0.2) is 37.0 Å². The van der Waals surface area contributed by atoms with Crippen LogP contribution in [0.5, 0.6) is 0 Å². The minimum Gasteiger partial charge on any atom is -0.466 e. The Morgan fingerprint density at radius 3 is 2.59 bits per heavy atom. The van der Waals surface area contributed by atoms with Crippen molar-refractivity contribution in [1.29, 1.82) is 0 Å². The van der Waals surface area contributed by atoms with E-state index in [4.69, 9.17) is 25.8 Å². The van der Waals surface area contributed by atoms with Crippen molar-refractivity contribution in [2.24, 2.45) is 0 Å². The van der Waals surface area contributed by atoms with Crippen LogP contribution in [0.15, 0.2) is 30.3 Å². The summed E-state index contributed by atoms with van der Waals surface area (Å²) in [6, 6.07) is 9.37. The SMILES string of the molecule is CCOC(=O)C[C@@H](CCl)OC(C)(CF)OCc1ccccc1. The number of rotatable bonds is 10. The summed E-state index contributed by atoms with van der Waals surface area (Å²) < 4.78 is 29.2. The number of carbonyl (C=O) groups excluding carboxylic acids is 1. The van der Waals surface area contributed by atoms with Gasteiger partial charge in [-0.2, -0.15) is 0 Å². The average molecular weight is 333 g/mol. The second kappa shape index (κ2) is 9.77. The maximum absolute atomic E-state index is 13.3. The Morgan fingerprint density at radius 2 is 2.05 bits per heavy atom. The molecule has 0 spiro atoms. The molecule has 1 unspecified atom stereocenters. The molecule has 0 aliphatic rings. The normalized spacial score (nSPS) is 15.1. The maximum atomic E-state index is 13.3. The molecule has 0 bridgehead atoms. The zero-order valence-electron chi connectivity index (χ0n) is 12.9. The summed E-state index contributed by atoms with van der Waals surface area (Å²) in [6.07, 6.45) is -0.709. The second-order valence-corrected chi connectivity index (χ2v) is 5.25. The van der Waals surface area contributed by atoms with Crippen molar-refractivity contribution in [2.45, 2.75) is 38.8 Å². The Kier molecular flexibility index (Phi) is 8.38. The van der Waals surface area contributed by atoms with Crippen molar-refractivity contribution >= 4 is 17.6 Å². The van der Waals surface area contributed by atoms with Crippen LogP contribution in [0.25, 0.3) is 0 Å². The molecule has 124 valence electrons. The van der Waals surface area contributed by atoms with E-state index in [2.05, 4.69) is 0 Å². The van der Waals surface area contributed by atoms with Crippen molar-refractivity contribution in [1.82, 2.24) is 0 Å². The van der Waals surface area contributed by atoms with Gasteiger partial charge in [-0.05, 0) is 19.4 Å². The lowest BCUT2D eigenvalue weighted by Crippen LogP contribution is -2.40. The summed E-state index contributed by atoms with van der Waals surface area (Å²) >= 11 is 5.78. The van der Waals surface area contributed by atoms with E-state index in [0.29, 0.717) is 0 Å². The van der Waals surface area contributed by atoms with E-state index in [9.17, 15) is 9.18 Å². The van der Waals surface area contributed by atoms with Gasteiger partial charge in [0.2, 0.25) is 0 Å². The first kappa shape index (κ1) is 18.9. The van der Waals surface area contributed by atoms with Gasteiger partial charge in [0, 0.05) is 5.88 Å². The molecular formula is C16H22ClFO4. The largest absolute Gasteiger partial charge is 0.466 e. The Labute approximate surface area is 135 Å². The van der Waals surface area contributed by atoms with E-state index in [1.807, 2.05) is 30.3 Å². The Bertz CT molecular complexity index is 443. The summed E-state index contributed by atoms with van der Waals surface area (Å²) in [5.74, 6) is -1.84. The van der Waals surface area contributed by atoms with Crippen LogP contribution < -0.4 is 0 Å². The molecule has 0 aliphatic carbocycles. The van der Waals surface area contributed by atoms with Crippen molar-refractivity contribution < 1.29 is 23.4 Å². The predicted octanol–water partition coefficient (Wildman–Crippen LogP) is 3.47. The molecule has 0 N–H and O–H groups in total. The van der Waals surface area contributed by atoms with E-state index < -0.39 is 24.5 Å². The van der Waals surface area contributed by atoms with Gasteiger partial charge in [-0.15, -0.1) is 11.6 Å². The topological polar surface area (TPSA) is 44.8 Å². The molecule has 0 saturated heterocycles. The molecule has 0 heterocycles. The van der Waals surface area contributed by atoms with Crippen LogP contribution in [0.4, 0.5) is 4.39 Å². The molecule has 0 aliphatic heterocycles. The lowest BCUT2D eigenvalue weighted by Gasteiger charge is -2.31. The van der Waals surface area contributed by atoms with Gasteiger partial charge >= 0.3 is 5.97 Å². The third kappa shape index (κ3) is 6.73. The van der Waals surface area contributed by atoms with Gasteiger partial charge in [-0.3, -0.25) is 4.79 Å². The fraction of sp³-hybridized carbons (Fsp3) is 0.562. The van der Waals surface area contributed by atoms with Crippen LogP contribution in [0.2, 0.25) is 0 Å². The molecular weight excluding hydrogens is 311 g/mol. The van der Waals surface area contributed by atoms with Crippen molar-refractivity contribution in [2.75, 3.05) is 19.2 Å². The highest BCUT2D eigenvalue weighted by atomic mass is 35.5. The molecule has 2 atom stereocenters. The van der Waals surface area contributed by atoms with E-state index in [1.165, 1.54) is 6.92 Å². The maximum Gasteiger partial charge on any atom is 0.308 e. The summed E-state index contributed by atoms with van der Waals surface area (Å²) in [7, 11) is 0. The van der Waals surface area contributed by atoms with Crippen LogP contribution in [0, 0.1) is 0 Å². The van der Waals surface area contributed by atoms with Crippen molar-refractivity contribution in [3.8, 4) is 0 Å². The van der Waals surface area contributed by atoms with Crippen LogP contribution in [0.3, 0.4) is 0 Å². The monoisotopic (exact) mass is 332 g/mol. The summed E-state index contributed by atoms with van der Waals surface area (Å²) in [5, 5.41) is 0. The van der Waals surface area contributed by atoms with E-state index in [1.54, 1.807) is 6.92 Å². The number of hydrogen-bond acceptors (Lipinski definition) is 4. The van der Waals surface area contributed by atoms with Crippen molar-refractivity contribution in [3.63, 3.8) is 0 Å². The van der Waals surface area contributed by atoms with Gasteiger partial charge in [0.05, 0.1) is 25.7 Å². The third-order valence-corrected chi connectivity index (χ3v) is 3.26. The minimum absolute atomic E-state index is 0.0401. The number of benzene rings is 1. The Morgan fingerprint density at radius 1 is 1.36 bits per heavy atom. The van der Waals surface area contributed by atoms with E-state index in [-0.39, 0.29) is 25.5 Å². The minimum atomic E-state index is -1.46. The summed E-state index contributed by atoms with van der Waals surface area (Å²) in [5.41, 5.74) is 0.901. The average Bonchev–Trinajstić information content (AvgIpc) is 2.53. The molecule has 0 fully saturated rings. The second-order valence-electron chi connectivity index (χ2n) is 4.95. The number of carbonyl (C=O) groups is 1. The Balaban J connectivity index is 2.57. The zero-order chi connectivity index (χ0) is 16.4. The highest BCUT2D eigenvalue weighted by molar-refractivity contribution is 6.18. The fourth-order valence-electron chi connectivity index (χ4n) is 1.80.